The highest BCUT2D eigenvalue weighted by molar-refractivity contribution is 5.95. The van der Waals surface area contributed by atoms with Crippen molar-refractivity contribution in [2.24, 2.45) is 0 Å². The van der Waals surface area contributed by atoms with Crippen LogP contribution in [0, 0.1) is 0 Å². The number of hydrogen-bond acceptors (Lipinski definition) is 4. The molecule has 0 unspecified atom stereocenters. The van der Waals surface area contributed by atoms with Crippen LogP contribution in [0.3, 0.4) is 0 Å². The summed E-state index contributed by atoms with van der Waals surface area (Å²) in [4.78, 5) is 25.1. The van der Waals surface area contributed by atoms with Gasteiger partial charge in [-0.2, -0.15) is 13.2 Å². The summed E-state index contributed by atoms with van der Waals surface area (Å²) < 4.78 is 43.5. The Morgan fingerprint density at radius 1 is 1.37 bits per heavy atom. The van der Waals surface area contributed by atoms with E-state index >= 15 is 0 Å². The van der Waals surface area contributed by atoms with E-state index in [-0.39, 0.29) is 6.61 Å². The quantitative estimate of drug-likeness (QED) is 0.733. The molecule has 2 rings (SSSR count). The fourth-order valence-corrected chi connectivity index (χ4v) is 2.75. The molecule has 1 N–H and O–H groups in total. The van der Waals surface area contributed by atoms with Crippen molar-refractivity contribution in [2.75, 3.05) is 6.61 Å². The molecule has 27 heavy (non-hydrogen) atoms. The van der Waals surface area contributed by atoms with Crippen LogP contribution in [0.1, 0.15) is 18.4 Å². The molecule has 2 atom stereocenters. The second-order valence-electron chi connectivity index (χ2n) is 6.10. The second-order valence-corrected chi connectivity index (χ2v) is 6.10. The van der Waals surface area contributed by atoms with Crippen LogP contribution in [-0.2, 0) is 16.0 Å². The molecule has 1 fully saturated rings. The predicted molar refractivity (Wildman–Crippen MR) is 91.7 cm³/mol. The fraction of sp³-hybridized carbons (Fsp3) is 0.368. The second kappa shape index (κ2) is 8.85. The number of cyclic esters (lactones) is 1. The van der Waals surface area contributed by atoms with Gasteiger partial charge in [-0.15, -0.1) is 6.58 Å². The zero-order valence-corrected chi connectivity index (χ0v) is 14.5. The Hall–Kier alpha value is -2.61. The van der Waals surface area contributed by atoms with Gasteiger partial charge in [0.25, 0.3) is 5.91 Å². The number of alkyl halides is 3. The van der Waals surface area contributed by atoms with E-state index in [4.69, 9.17) is 4.74 Å². The third-order valence-corrected chi connectivity index (χ3v) is 4.11. The number of halogens is 3. The Morgan fingerprint density at radius 2 is 2.04 bits per heavy atom. The van der Waals surface area contributed by atoms with Crippen LogP contribution in [0.25, 0.3) is 0 Å². The number of hydrogen-bond donors (Lipinski definition) is 1. The van der Waals surface area contributed by atoms with Gasteiger partial charge in [0.2, 0.25) is 0 Å². The van der Waals surface area contributed by atoms with Crippen LogP contribution in [-0.4, -0.2) is 46.9 Å². The Kier molecular flexibility index (Phi) is 6.79. The number of ether oxygens (including phenoxy) is 1. The number of imide groups is 1. The molecule has 8 heteroatoms. The number of carbonyl (C=O) groups excluding carboxylic acids is 2. The maximum absolute atomic E-state index is 12.9. The lowest BCUT2D eigenvalue weighted by Crippen LogP contribution is -2.45. The lowest BCUT2D eigenvalue weighted by molar-refractivity contribution is -0.138. The first-order valence-electron chi connectivity index (χ1n) is 8.33. The van der Waals surface area contributed by atoms with Crippen molar-refractivity contribution >= 4 is 12.0 Å². The first kappa shape index (κ1) is 20.7. The van der Waals surface area contributed by atoms with Gasteiger partial charge >= 0.3 is 12.3 Å². The highest BCUT2D eigenvalue weighted by Gasteiger charge is 2.40. The average Bonchev–Trinajstić information content (AvgIpc) is 2.97. The van der Waals surface area contributed by atoms with Gasteiger partial charge in [0.1, 0.15) is 12.7 Å². The zero-order chi connectivity index (χ0) is 20.0. The lowest BCUT2D eigenvalue weighted by atomic mass is 10.0. The first-order valence-corrected chi connectivity index (χ1v) is 8.33. The molecule has 0 bridgehead atoms. The molecule has 5 nitrogen and oxygen atoms in total. The predicted octanol–water partition coefficient (Wildman–Crippen LogP) is 3.39. The molecule has 0 saturated carbocycles. The molecule has 0 aliphatic carbocycles. The number of aliphatic hydroxyl groups is 1. The number of carbonyl (C=O) groups is 2. The van der Waals surface area contributed by atoms with E-state index in [9.17, 15) is 27.9 Å². The van der Waals surface area contributed by atoms with Crippen LogP contribution in [0.2, 0.25) is 0 Å². The topological polar surface area (TPSA) is 66.8 Å². The Morgan fingerprint density at radius 3 is 2.63 bits per heavy atom. The molecule has 1 aliphatic heterocycles. The number of allylic oxidation sites excluding steroid dienone is 2. The maximum atomic E-state index is 12.9. The van der Waals surface area contributed by atoms with Gasteiger partial charge in [0.15, 0.2) is 0 Å². The summed E-state index contributed by atoms with van der Waals surface area (Å²) in [5.74, 6) is -0.977. The van der Waals surface area contributed by atoms with Gasteiger partial charge in [-0.3, -0.25) is 4.79 Å². The molecule has 1 aromatic carbocycles. The largest absolute Gasteiger partial charge is 0.447 e. The minimum atomic E-state index is -4.58. The van der Waals surface area contributed by atoms with Gasteiger partial charge in [-0.1, -0.05) is 42.5 Å². The maximum Gasteiger partial charge on any atom is 0.417 e. The van der Waals surface area contributed by atoms with Crippen molar-refractivity contribution in [1.82, 2.24) is 4.90 Å². The summed E-state index contributed by atoms with van der Waals surface area (Å²) in [5.41, 5.74) is -0.0486. The van der Waals surface area contributed by atoms with E-state index in [1.807, 2.05) is 18.2 Å². The molecule has 0 aromatic heterocycles. The van der Waals surface area contributed by atoms with E-state index in [0.717, 1.165) is 22.6 Å². The standard InChI is InChI=1S/C19H20F3NO4/c1-2-6-14(19(20,21)22)9-10-16(24)17(25)23-15(12-27-18(23)26)11-13-7-4-3-5-8-13/h2-5,7-9,15-16,24H,1,6,10-12H2/b14-9+/t15-,16+/m1/s1. The lowest BCUT2D eigenvalue weighted by Gasteiger charge is -2.22. The van der Waals surface area contributed by atoms with E-state index in [1.165, 1.54) is 0 Å². The monoisotopic (exact) mass is 383 g/mol. The molecule has 0 radical (unpaired) electrons. The van der Waals surface area contributed by atoms with Crippen LogP contribution in [0.5, 0.6) is 0 Å². The van der Waals surface area contributed by atoms with Gasteiger partial charge in [-0.05, 0) is 18.4 Å². The number of rotatable bonds is 7. The third kappa shape index (κ3) is 5.43. The van der Waals surface area contributed by atoms with Gasteiger partial charge in [-0.25, -0.2) is 9.69 Å². The average molecular weight is 383 g/mol. The van der Waals surface area contributed by atoms with Gasteiger partial charge in [0.05, 0.1) is 6.04 Å². The number of aliphatic hydroxyl groups excluding tert-OH is 1. The zero-order valence-electron chi connectivity index (χ0n) is 14.5. The highest BCUT2D eigenvalue weighted by atomic mass is 19.4. The van der Waals surface area contributed by atoms with Crippen molar-refractivity contribution in [1.29, 1.82) is 0 Å². The number of amides is 2. The molecule has 1 saturated heterocycles. The molecular weight excluding hydrogens is 363 g/mol. The minimum absolute atomic E-state index is 0.0354. The van der Waals surface area contributed by atoms with Crippen molar-refractivity contribution in [3.63, 3.8) is 0 Å². The van der Waals surface area contributed by atoms with Crippen LogP contribution in [0.15, 0.2) is 54.6 Å². The smallest absolute Gasteiger partial charge is 0.417 e. The van der Waals surface area contributed by atoms with Crippen molar-refractivity contribution in [3.8, 4) is 0 Å². The molecule has 146 valence electrons. The first-order chi connectivity index (χ1) is 12.7. The molecule has 1 aliphatic rings. The van der Waals surface area contributed by atoms with E-state index in [2.05, 4.69) is 6.58 Å². The van der Waals surface area contributed by atoms with Crippen LogP contribution in [0.4, 0.5) is 18.0 Å². The highest BCUT2D eigenvalue weighted by Crippen LogP contribution is 2.29. The van der Waals surface area contributed by atoms with Crippen molar-refractivity contribution < 1.29 is 32.6 Å². The molecular formula is C19H20F3NO4. The summed E-state index contributed by atoms with van der Waals surface area (Å²) in [5, 5.41) is 10.0. The van der Waals surface area contributed by atoms with E-state index in [0.29, 0.717) is 6.42 Å². The van der Waals surface area contributed by atoms with E-state index in [1.54, 1.807) is 12.1 Å². The van der Waals surface area contributed by atoms with Gasteiger partial charge in [0, 0.05) is 12.0 Å². The van der Waals surface area contributed by atoms with Crippen LogP contribution >= 0.6 is 0 Å². The molecule has 2 amide bonds. The summed E-state index contributed by atoms with van der Waals surface area (Å²) in [7, 11) is 0. The Labute approximate surface area is 154 Å². The normalized spacial score (nSPS) is 19.0. The minimum Gasteiger partial charge on any atom is -0.447 e. The van der Waals surface area contributed by atoms with Crippen molar-refractivity contribution in [2.45, 2.75) is 37.6 Å². The summed E-state index contributed by atoms with van der Waals surface area (Å²) >= 11 is 0. The Balaban J connectivity index is 2.08. The number of benzene rings is 1. The molecule has 0 spiro atoms. The molecule has 1 heterocycles. The Bertz CT molecular complexity index is 715. The summed E-state index contributed by atoms with van der Waals surface area (Å²) in [6.45, 7) is 3.22. The van der Waals surface area contributed by atoms with Crippen molar-refractivity contribution in [3.05, 3.63) is 60.2 Å². The third-order valence-electron chi connectivity index (χ3n) is 4.11. The van der Waals surface area contributed by atoms with Crippen LogP contribution < -0.4 is 0 Å². The molecule has 1 aromatic rings. The fourth-order valence-electron chi connectivity index (χ4n) is 2.75. The van der Waals surface area contributed by atoms with E-state index < -0.39 is 48.7 Å². The number of nitrogens with zero attached hydrogens (tertiary/aromatic N) is 1. The SMILES string of the molecule is C=CC/C(=C\C[C@H](O)C(=O)N1C(=O)OC[C@H]1Cc1ccccc1)C(F)(F)F. The summed E-state index contributed by atoms with van der Waals surface area (Å²) in [6.07, 6.45) is -6.12. The van der Waals surface area contributed by atoms with Gasteiger partial charge < -0.3 is 9.84 Å². The summed E-state index contributed by atoms with van der Waals surface area (Å²) in [6, 6.07) is 8.43.